The van der Waals surface area contributed by atoms with Crippen LogP contribution in [0, 0.1) is 24.2 Å². The summed E-state index contributed by atoms with van der Waals surface area (Å²) < 4.78 is 13.0. The van der Waals surface area contributed by atoms with Gasteiger partial charge in [0.15, 0.2) is 16.6 Å². The van der Waals surface area contributed by atoms with E-state index in [1.165, 1.54) is 0 Å². The van der Waals surface area contributed by atoms with E-state index in [1.54, 1.807) is 0 Å². The molecule has 33 heavy (non-hydrogen) atoms. The smallest absolute Gasteiger partial charge is 0.192 e. The molecule has 1 aromatic carbocycles. The van der Waals surface area contributed by atoms with Gasteiger partial charge in [-0.05, 0) is 60.5 Å². The third kappa shape index (κ3) is 8.50. The Morgan fingerprint density at radius 1 is 0.818 bits per heavy atom. The van der Waals surface area contributed by atoms with Gasteiger partial charge in [-0.15, -0.1) is 6.42 Å². The number of anilines is 1. The summed E-state index contributed by atoms with van der Waals surface area (Å²) >= 11 is 0. The highest BCUT2D eigenvalue weighted by molar-refractivity contribution is 6.74. The van der Waals surface area contributed by atoms with Gasteiger partial charge in [-0.25, -0.2) is 0 Å². The van der Waals surface area contributed by atoms with Gasteiger partial charge in [0.2, 0.25) is 0 Å². The Hall–Kier alpha value is -1.77. The number of benzene rings is 1. The zero-order valence-electron chi connectivity index (χ0n) is 23.1. The second kappa shape index (κ2) is 11.1. The van der Waals surface area contributed by atoms with Crippen molar-refractivity contribution >= 4 is 22.3 Å². The van der Waals surface area contributed by atoms with Crippen molar-refractivity contribution in [1.82, 2.24) is 0 Å². The van der Waals surface area contributed by atoms with Gasteiger partial charge in [-0.2, -0.15) is 0 Å². The quantitative estimate of drug-likeness (QED) is 0.305. The zero-order valence-corrected chi connectivity index (χ0v) is 25.1. The van der Waals surface area contributed by atoms with E-state index in [0.717, 1.165) is 22.4 Å². The summed E-state index contributed by atoms with van der Waals surface area (Å²) in [5.41, 5.74) is 3.73. The van der Waals surface area contributed by atoms with Crippen LogP contribution < -0.4 is 4.90 Å². The van der Waals surface area contributed by atoms with Crippen molar-refractivity contribution in [3.8, 4) is 24.2 Å². The minimum Gasteiger partial charge on any atom is -0.412 e. The van der Waals surface area contributed by atoms with Crippen LogP contribution in [0.3, 0.4) is 0 Å². The molecule has 0 aromatic heterocycles. The predicted molar refractivity (Wildman–Crippen MR) is 150 cm³/mol. The minimum atomic E-state index is -1.95. The molecule has 0 N–H and O–H groups in total. The van der Waals surface area contributed by atoms with Crippen molar-refractivity contribution in [2.24, 2.45) is 0 Å². The standard InChI is InChI=1S/C28H45NO2Si2/c1-14-24(21-30-32(10,11)27(2,3)4)25(22-31-33(12,13)28(5,6)7)18-15-23-16-19-26(20-17-23)29(8)9/h1,16-17,19-20H,21-22H2,2-13H3/b25-24+. The van der Waals surface area contributed by atoms with Crippen LogP contribution in [0.15, 0.2) is 35.4 Å². The summed E-state index contributed by atoms with van der Waals surface area (Å²) in [6.07, 6.45) is 5.97. The largest absolute Gasteiger partial charge is 0.412 e. The maximum atomic E-state index is 6.51. The lowest BCUT2D eigenvalue weighted by atomic mass is 10.1. The molecule has 5 heteroatoms. The van der Waals surface area contributed by atoms with Crippen LogP contribution >= 0.6 is 0 Å². The predicted octanol–water partition coefficient (Wildman–Crippen LogP) is 7.08. The zero-order chi connectivity index (χ0) is 25.7. The van der Waals surface area contributed by atoms with Gasteiger partial charge < -0.3 is 13.8 Å². The Balaban J connectivity index is 3.32. The molecular weight excluding hydrogens is 438 g/mol. The van der Waals surface area contributed by atoms with Gasteiger partial charge >= 0.3 is 0 Å². The molecule has 0 radical (unpaired) electrons. The Morgan fingerprint density at radius 2 is 1.24 bits per heavy atom. The van der Waals surface area contributed by atoms with Gasteiger partial charge in [-0.1, -0.05) is 59.3 Å². The lowest BCUT2D eigenvalue weighted by molar-refractivity contribution is 0.308. The maximum absolute atomic E-state index is 6.51. The molecule has 0 saturated carbocycles. The van der Waals surface area contributed by atoms with Gasteiger partial charge in [0.05, 0.1) is 13.2 Å². The summed E-state index contributed by atoms with van der Waals surface area (Å²) in [5, 5.41) is 0.228. The molecule has 0 spiro atoms. The molecule has 0 aliphatic rings. The number of terminal acetylenes is 1. The van der Waals surface area contributed by atoms with Gasteiger partial charge in [0.25, 0.3) is 0 Å². The molecule has 0 heterocycles. The molecule has 0 aliphatic carbocycles. The Labute approximate surface area is 206 Å². The first-order chi connectivity index (χ1) is 14.9. The van der Waals surface area contributed by atoms with E-state index in [4.69, 9.17) is 15.3 Å². The third-order valence-electron chi connectivity index (χ3n) is 7.05. The average Bonchev–Trinajstić information content (AvgIpc) is 2.68. The fourth-order valence-corrected chi connectivity index (χ4v) is 4.22. The molecule has 0 bridgehead atoms. The summed E-state index contributed by atoms with van der Waals surface area (Å²) in [6.45, 7) is 23.2. The molecule has 0 atom stereocenters. The van der Waals surface area contributed by atoms with Crippen LogP contribution in [0.25, 0.3) is 0 Å². The Morgan fingerprint density at radius 3 is 1.61 bits per heavy atom. The van der Waals surface area contributed by atoms with Crippen molar-refractivity contribution < 1.29 is 8.85 Å². The summed E-state index contributed by atoms with van der Waals surface area (Å²) in [6, 6.07) is 8.22. The minimum absolute atomic E-state index is 0.113. The van der Waals surface area contributed by atoms with Crippen molar-refractivity contribution in [3.05, 3.63) is 41.0 Å². The first kappa shape index (κ1) is 29.3. The molecule has 0 aliphatic heterocycles. The molecule has 0 fully saturated rings. The van der Waals surface area contributed by atoms with Crippen molar-refractivity contribution in [3.63, 3.8) is 0 Å². The Kier molecular flexibility index (Phi) is 9.85. The SMILES string of the molecule is C#C/C(CO[Si](C)(C)C(C)(C)C)=C(/C#Cc1ccc(N(C)C)cc1)CO[Si](C)(C)C(C)(C)C. The third-order valence-corrected chi connectivity index (χ3v) is 16.0. The van der Waals surface area contributed by atoms with Gasteiger partial charge in [0, 0.05) is 36.5 Å². The van der Waals surface area contributed by atoms with Gasteiger partial charge in [-0.3, -0.25) is 0 Å². The molecule has 0 saturated heterocycles. The van der Waals surface area contributed by atoms with E-state index >= 15 is 0 Å². The molecular formula is C28H45NO2Si2. The van der Waals surface area contributed by atoms with Crippen molar-refractivity contribution in [1.29, 1.82) is 0 Å². The van der Waals surface area contributed by atoms with E-state index in [-0.39, 0.29) is 10.1 Å². The van der Waals surface area contributed by atoms with Crippen molar-refractivity contribution in [2.75, 3.05) is 32.2 Å². The van der Waals surface area contributed by atoms with Crippen LogP contribution in [-0.4, -0.2) is 43.9 Å². The van der Waals surface area contributed by atoms with Crippen molar-refractivity contribution in [2.45, 2.75) is 77.8 Å². The van der Waals surface area contributed by atoms with Crippen LogP contribution in [0.1, 0.15) is 47.1 Å². The molecule has 3 nitrogen and oxygen atoms in total. The number of nitrogens with zero attached hydrogens (tertiary/aromatic N) is 1. The van der Waals surface area contributed by atoms with E-state index in [1.807, 2.05) is 26.2 Å². The second-order valence-electron chi connectivity index (χ2n) is 11.9. The van der Waals surface area contributed by atoms with Crippen LogP contribution in [0.4, 0.5) is 5.69 Å². The fraction of sp³-hybridized carbons (Fsp3) is 0.571. The molecule has 0 unspecified atom stereocenters. The lowest BCUT2D eigenvalue weighted by Gasteiger charge is -2.37. The van der Waals surface area contributed by atoms with Crippen LogP contribution in [0.2, 0.25) is 36.3 Å². The average molecular weight is 484 g/mol. The van der Waals surface area contributed by atoms with E-state index < -0.39 is 16.6 Å². The second-order valence-corrected chi connectivity index (χ2v) is 21.5. The van der Waals surface area contributed by atoms with Crippen LogP contribution in [-0.2, 0) is 8.85 Å². The monoisotopic (exact) mass is 483 g/mol. The fourth-order valence-electron chi connectivity index (χ4n) is 2.34. The van der Waals surface area contributed by atoms with Crippen LogP contribution in [0.5, 0.6) is 0 Å². The van der Waals surface area contributed by atoms with E-state index in [9.17, 15) is 0 Å². The maximum Gasteiger partial charge on any atom is 0.192 e. The summed E-state index contributed by atoms with van der Waals surface area (Å²) in [7, 11) is 0.168. The molecule has 182 valence electrons. The first-order valence-corrected chi connectivity index (χ1v) is 17.5. The number of hydrogen-bond acceptors (Lipinski definition) is 3. The number of rotatable bonds is 7. The Bertz CT molecular complexity index is 926. The van der Waals surface area contributed by atoms with Gasteiger partial charge in [0.1, 0.15) is 0 Å². The molecule has 1 aromatic rings. The first-order valence-electron chi connectivity index (χ1n) is 11.7. The normalized spacial score (nSPS) is 13.5. The van der Waals surface area contributed by atoms with E-state index in [2.05, 4.69) is 103 Å². The summed E-state index contributed by atoms with van der Waals surface area (Å²) in [4.78, 5) is 2.07. The highest BCUT2D eigenvalue weighted by atomic mass is 28.4. The highest BCUT2D eigenvalue weighted by Crippen LogP contribution is 2.38. The molecule has 0 amide bonds. The topological polar surface area (TPSA) is 21.7 Å². The summed E-state index contributed by atoms with van der Waals surface area (Å²) in [5.74, 6) is 9.50. The number of hydrogen-bond donors (Lipinski definition) is 0. The van der Waals surface area contributed by atoms with E-state index in [0.29, 0.717) is 13.2 Å². The molecule has 1 rings (SSSR count). The lowest BCUT2D eigenvalue weighted by Crippen LogP contribution is -2.42. The highest BCUT2D eigenvalue weighted by Gasteiger charge is 2.38.